The fourth-order valence-corrected chi connectivity index (χ4v) is 1.35. The third-order valence-electron chi connectivity index (χ3n) is 2.13. The van der Waals surface area contributed by atoms with Crippen LogP contribution in [0.4, 0.5) is 0 Å². The summed E-state index contributed by atoms with van der Waals surface area (Å²) in [6, 6.07) is 0. The van der Waals surface area contributed by atoms with Gasteiger partial charge in [-0.25, -0.2) is 4.98 Å². The lowest BCUT2D eigenvalue weighted by molar-refractivity contribution is 0.464. The molecule has 1 aromatic heterocycles. The van der Waals surface area contributed by atoms with Gasteiger partial charge < -0.3 is 4.42 Å². The van der Waals surface area contributed by atoms with Crippen molar-refractivity contribution in [2.75, 3.05) is 0 Å². The van der Waals surface area contributed by atoms with Crippen LogP contribution in [0.2, 0.25) is 0 Å². The molecule has 2 nitrogen and oxygen atoms in total. The van der Waals surface area contributed by atoms with Gasteiger partial charge in [0.05, 0.1) is 12.1 Å². The van der Waals surface area contributed by atoms with Gasteiger partial charge in [0.15, 0.2) is 5.89 Å². The highest BCUT2D eigenvalue weighted by Crippen LogP contribution is 2.46. The summed E-state index contributed by atoms with van der Waals surface area (Å²) in [5.74, 6) is 3.38. The molecule has 0 radical (unpaired) electrons. The molecule has 1 aliphatic carbocycles. The Labute approximate surface area is 70.6 Å². The Kier molecular flexibility index (Phi) is 1.64. The SMILES string of the molecule is CC1CC1c1ncc(CCl)o1. The second kappa shape index (κ2) is 2.52. The molecule has 0 saturated heterocycles. The number of hydrogen-bond acceptors (Lipinski definition) is 2. The molecule has 0 aromatic carbocycles. The normalized spacial score (nSPS) is 28.9. The molecular formula is C8H10ClNO. The topological polar surface area (TPSA) is 26.0 Å². The van der Waals surface area contributed by atoms with E-state index in [0.717, 1.165) is 17.6 Å². The summed E-state index contributed by atoms with van der Waals surface area (Å²) < 4.78 is 5.38. The minimum atomic E-state index is 0.425. The van der Waals surface area contributed by atoms with Crippen LogP contribution in [0.1, 0.15) is 30.9 Å². The smallest absolute Gasteiger partial charge is 0.197 e. The predicted molar refractivity (Wildman–Crippen MR) is 42.6 cm³/mol. The lowest BCUT2D eigenvalue weighted by atomic mass is 10.3. The monoisotopic (exact) mass is 171 g/mol. The average molecular weight is 172 g/mol. The molecule has 0 N–H and O–H groups in total. The van der Waals surface area contributed by atoms with Crippen LogP contribution < -0.4 is 0 Å². The van der Waals surface area contributed by atoms with Gasteiger partial charge >= 0.3 is 0 Å². The number of oxazole rings is 1. The molecule has 11 heavy (non-hydrogen) atoms. The van der Waals surface area contributed by atoms with E-state index in [9.17, 15) is 0 Å². The summed E-state index contributed by atoms with van der Waals surface area (Å²) in [6.07, 6.45) is 2.93. The quantitative estimate of drug-likeness (QED) is 0.640. The molecule has 1 heterocycles. The molecule has 1 saturated carbocycles. The standard InChI is InChI=1S/C8H10ClNO/c1-5-2-7(5)8-10-4-6(3-9)11-8/h4-5,7H,2-3H2,1H3. The molecule has 0 amide bonds. The Morgan fingerprint density at radius 2 is 2.55 bits per heavy atom. The summed E-state index contributed by atoms with van der Waals surface area (Å²) in [4.78, 5) is 4.15. The highest BCUT2D eigenvalue weighted by Gasteiger charge is 2.37. The zero-order valence-corrected chi connectivity index (χ0v) is 7.14. The number of rotatable bonds is 2. The van der Waals surface area contributed by atoms with Crippen molar-refractivity contribution in [2.45, 2.75) is 25.1 Å². The Morgan fingerprint density at radius 3 is 3.00 bits per heavy atom. The minimum absolute atomic E-state index is 0.425. The summed E-state index contributed by atoms with van der Waals surface area (Å²) in [5, 5.41) is 0. The second-order valence-electron chi connectivity index (χ2n) is 3.12. The van der Waals surface area contributed by atoms with Crippen molar-refractivity contribution in [1.82, 2.24) is 4.98 Å². The maximum atomic E-state index is 5.57. The number of nitrogens with zero attached hydrogens (tertiary/aromatic N) is 1. The maximum absolute atomic E-state index is 5.57. The van der Waals surface area contributed by atoms with Crippen molar-refractivity contribution in [3.8, 4) is 0 Å². The molecule has 2 atom stereocenters. The average Bonchev–Trinajstić information content (AvgIpc) is 2.59. The number of aromatic nitrogens is 1. The van der Waals surface area contributed by atoms with Gasteiger partial charge in [0.25, 0.3) is 0 Å². The molecular weight excluding hydrogens is 162 g/mol. The number of alkyl halides is 1. The molecule has 1 aromatic rings. The van der Waals surface area contributed by atoms with Gasteiger partial charge in [-0.15, -0.1) is 11.6 Å². The van der Waals surface area contributed by atoms with Crippen LogP contribution in [0.5, 0.6) is 0 Å². The van der Waals surface area contributed by atoms with Crippen molar-refractivity contribution >= 4 is 11.6 Å². The van der Waals surface area contributed by atoms with Gasteiger partial charge in [0, 0.05) is 5.92 Å². The lowest BCUT2D eigenvalue weighted by Gasteiger charge is -1.87. The Bertz CT molecular complexity index is 258. The van der Waals surface area contributed by atoms with Gasteiger partial charge in [-0.1, -0.05) is 6.92 Å². The zero-order valence-electron chi connectivity index (χ0n) is 6.38. The van der Waals surface area contributed by atoms with Crippen LogP contribution in [0.3, 0.4) is 0 Å². The van der Waals surface area contributed by atoms with Crippen LogP contribution in [-0.4, -0.2) is 4.98 Å². The van der Waals surface area contributed by atoms with E-state index < -0.39 is 0 Å². The van der Waals surface area contributed by atoms with E-state index in [-0.39, 0.29) is 0 Å². The van der Waals surface area contributed by atoms with Crippen molar-refractivity contribution in [3.05, 3.63) is 17.8 Å². The van der Waals surface area contributed by atoms with E-state index in [2.05, 4.69) is 11.9 Å². The highest BCUT2D eigenvalue weighted by atomic mass is 35.5. The number of halogens is 1. The van der Waals surface area contributed by atoms with Crippen molar-refractivity contribution in [3.63, 3.8) is 0 Å². The fourth-order valence-electron chi connectivity index (χ4n) is 1.22. The van der Waals surface area contributed by atoms with E-state index in [1.54, 1.807) is 6.20 Å². The van der Waals surface area contributed by atoms with Gasteiger partial charge in [0.1, 0.15) is 5.76 Å². The first-order chi connectivity index (χ1) is 5.31. The van der Waals surface area contributed by atoms with E-state index in [1.807, 2.05) is 0 Å². The molecule has 3 heteroatoms. The maximum Gasteiger partial charge on any atom is 0.197 e. The summed E-state index contributed by atoms with van der Waals surface area (Å²) >= 11 is 5.57. The highest BCUT2D eigenvalue weighted by molar-refractivity contribution is 6.16. The molecule has 0 spiro atoms. The van der Waals surface area contributed by atoms with Crippen LogP contribution in [-0.2, 0) is 5.88 Å². The first kappa shape index (κ1) is 7.17. The summed E-state index contributed by atoms with van der Waals surface area (Å²) in [6.45, 7) is 2.20. The lowest BCUT2D eigenvalue weighted by Crippen LogP contribution is -1.78. The first-order valence-electron chi connectivity index (χ1n) is 3.82. The first-order valence-corrected chi connectivity index (χ1v) is 4.35. The molecule has 1 fully saturated rings. The van der Waals surface area contributed by atoms with E-state index >= 15 is 0 Å². The van der Waals surface area contributed by atoms with Gasteiger partial charge in [0.2, 0.25) is 0 Å². The van der Waals surface area contributed by atoms with Crippen LogP contribution in [0, 0.1) is 5.92 Å². The largest absolute Gasteiger partial charge is 0.444 e. The third kappa shape index (κ3) is 1.27. The molecule has 60 valence electrons. The zero-order chi connectivity index (χ0) is 7.84. The molecule has 0 aliphatic heterocycles. The second-order valence-corrected chi connectivity index (χ2v) is 3.39. The van der Waals surface area contributed by atoms with Crippen LogP contribution in [0.15, 0.2) is 10.6 Å². The van der Waals surface area contributed by atoms with E-state index in [0.29, 0.717) is 11.8 Å². The molecule has 1 aliphatic rings. The summed E-state index contributed by atoms with van der Waals surface area (Å²) in [7, 11) is 0. The fraction of sp³-hybridized carbons (Fsp3) is 0.625. The Hall–Kier alpha value is -0.500. The third-order valence-corrected chi connectivity index (χ3v) is 2.39. The summed E-state index contributed by atoms with van der Waals surface area (Å²) in [5.41, 5.74) is 0. The number of hydrogen-bond donors (Lipinski definition) is 0. The molecule has 2 unspecified atom stereocenters. The van der Waals surface area contributed by atoms with Crippen LogP contribution >= 0.6 is 11.6 Å². The van der Waals surface area contributed by atoms with E-state index in [4.69, 9.17) is 16.0 Å². The Morgan fingerprint density at radius 1 is 1.82 bits per heavy atom. The molecule has 0 bridgehead atoms. The van der Waals surface area contributed by atoms with Gasteiger partial charge in [-0.3, -0.25) is 0 Å². The van der Waals surface area contributed by atoms with Crippen molar-refractivity contribution < 1.29 is 4.42 Å². The van der Waals surface area contributed by atoms with Gasteiger partial charge in [-0.05, 0) is 12.3 Å². The van der Waals surface area contributed by atoms with Crippen molar-refractivity contribution in [2.24, 2.45) is 5.92 Å². The van der Waals surface area contributed by atoms with Crippen LogP contribution in [0.25, 0.3) is 0 Å². The minimum Gasteiger partial charge on any atom is -0.444 e. The van der Waals surface area contributed by atoms with Gasteiger partial charge in [-0.2, -0.15) is 0 Å². The molecule has 2 rings (SSSR count). The Balaban J connectivity index is 2.13. The van der Waals surface area contributed by atoms with E-state index in [1.165, 1.54) is 6.42 Å². The van der Waals surface area contributed by atoms with Crippen molar-refractivity contribution in [1.29, 1.82) is 0 Å². The predicted octanol–water partition coefficient (Wildman–Crippen LogP) is 2.54.